The molecule has 22 heavy (non-hydrogen) atoms. The molecule has 114 valence electrons. The highest BCUT2D eigenvalue weighted by Gasteiger charge is 2.13. The standard InChI is InChI=1S/C15H12ClF2N3S/c1-9(21-7-10(16)6-19-21)4-15-20-14(8-22-15)12-3-2-11(17)5-13(12)18/h2-3,5-9H,4H2,1H3/t9-/m1/s1. The Morgan fingerprint density at radius 3 is 2.86 bits per heavy atom. The molecule has 0 aliphatic rings. The predicted molar refractivity (Wildman–Crippen MR) is 83.1 cm³/mol. The second-order valence-electron chi connectivity index (χ2n) is 4.94. The van der Waals surface area contributed by atoms with E-state index >= 15 is 0 Å². The molecule has 2 aromatic heterocycles. The molecule has 1 atom stereocenters. The summed E-state index contributed by atoms with van der Waals surface area (Å²) in [6.45, 7) is 2.00. The first-order chi connectivity index (χ1) is 10.5. The molecule has 2 heterocycles. The summed E-state index contributed by atoms with van der Waals surface area (Å²) in [6, 6.07) is 3.58. The van der Waals surface area contributed by atoms with Crippen molar-refractivity contribution in [2.24, 2.45) is 0 Å². The van der Waals surface area contributed by atoms with Crippen LogP contribution in [0.2, 0.25) is 5.02 Å². The van der Waals surface area contributed by atoms with Crippen molar-refractivity contribution in [2.45, 2.75) is 19.4 Å². The molecule has 0 saturated carbocycles. The molecule has 3 nitrogen and oxygen atoms in total. The number of thiazole rings is 1. The van der Waals surface area contributed by atoms with Gasteiger partial charge in [0.05, 0.1) is 28.0 Å². The van der Waals surface area contributed by atoms with Gasteiger partial charge in [-0.25, -0.2) is 13.8 Å². The van der Waals surface area contributed by atoms with E-state index in [0.29, 0.717) is 22.7 Å². The molecule has 0 aliphatic carbocycles. The Bertz CT molecular complexity index is 800. The van der Waals surface area contributed by atoms with E-state index in [0.717, 1.165) is 11.1 Å². The molecule has 0 radical (unpaired) electrons. The molecule has 7 heteroatoms. The van der Waals surface area contributed by atoms with E-state index in [1.807, 2.05) is 6.92 Å². The topological polar surface area (TPSA) is 30.7 Å². The van der Waals surface area contributed by atoms with Crippen molar-refractivity contribution < 1.29 is 8.78 Å². The van der Waals surface area contributed by atoms with Crippen LogP contribution in [0.25, 0.3) is 11.3 Å². The van der Waals surface area contributed by atoms with E-state index < -0.39 is 11.6 Å². The summed E-state index contributed by atoms with van der Waals surface area (Å²) in [5, 5.41) is 7.38. The first kappa shape index (κ1) is 15.1. The number of hydrogen-bond donors (Lipinski definition) is 0. The molecule has 3 rings (SSSR count). The van der Waals surface area contributed by atoms with Crippen LogP contribution < -0.4 is 0 Å². The summed E-state index contributed by atoms with van der Waals surface area (Å²) in [7, 11) is 0. The van der Waals surface area contributed by atoms with Crippen LogP contribution in [0.5, 0.6) is 0 Å². The summed E-state index contributed by atoms with van der Waals surface area (Å²) < 4.78 is 28.5. The minimum Gasteiger partial charge on any atom is -0.268 e. The van der Waals surface area contributed by atoms with Gasteiger partial charge in [0.2, 0.25) is 0 Å². The van der Waals surface area contributed by atoms with E-state index in [-0.39, 0.29) is 6.04 Å². The minimum atomic E-state index is -0.608. The molecule has 0 N–H and O–H groups in total. The normalized spacial score (nSPS) is 12.5. The number of hydrogen-bond acceptors (Lipinski definition) is 3. The average molecular weight is 340 g/mol. The molecule has 0 aliphatic heterocycles. The summed E-state index contributed by atoms with van der Waals surface area (Å²) in [5.74, 6) is -1.20. The highest BCUT2D eigenvalue weighted by molar-refractivity contribution is 7.09. The summed E-state index contributed by atoms with van der Waals surface area (Å²) in [6.07, 6.45) is 3.99. The number of benzene rings is 1. The van der Waals surface area contributed by atoms with Gasteiger partial charge in [-0.15, -0.1) is 11.3 Å². The fraction of sp³-hybridized carbons (Fsp3) is 0.200. The zero-order valence-corrected chi connectivity index (χ0v) is 13.2. The van der Waals surface area contributed by atoms with Crippen molar-refractivity contribution in [1.29, 1.82) is 0 Å². The zero-order chi connectivity index (χ0) is 15.7. The van der Waals surface area contributed by atoms with Gasteiger partial charge in [-0.2, -0.15) is 5.10 Å². The summed E-state index contributed by atoms with van der Waals surface area (Å²) in [5.41, 5.74) is 0.821. The number of rotatable bonds is 4. The van der Waals surface area contributed by atoms with Crippen LogP contribution in [-0.2, 0) is 6.42 Å². The Hall–Kier alpha value is -1.79. The van der Waals surface area contributed by atoms with E-state index in [9.17, 15) is 8.78 Å². The van der Waals surface area contributed by atoms with Gasteiger partial charge in [-0.05, 0) is 19.1 Å². The maximum absolute atomic E-state index is 13.8. The molecule has 3 aromatic rings. The lowest BCUT2D eigenvalue weighted by molar-refractivity contribution is 0.488. The minimum absolute atomic E-state index is 0.0876. The van der Waals surface area contributed by atoms with Crippen LogP contribution in [-0.4, -0.2) is 14.8 Å². The van der Waals surface area contributed by atoms with E-state index in [1.165, 1.54) is 23.5 Å². The fourth-order valence-electron chi connectivity index (χ4n) is 2.13. The third kappa shape index (κ3) is 3.18. The van der Waals surface area contributed by atoms with Gasteiger partial charge in [0, 0.05) is 29.6 Å². The quantitative estimate of drug-likeness (QED) is 0.687. The summed E-state index contributed by atoms with van der Waals surface area (Å²) >= 11 is 7.29. The molecule has 0 amide bonds. The average Bonchev–Trinajstić information content (AvgIpc) is 3.08. The molecular weight excluding hydrogens is 328 g/mol. The van der Waals surface area contributed by atoms with E-state index in [2.05, 4.69) is 10.1 Å². The van der Waals surface area contributed by atoms with Crippen LogP contribution in [0.15, 0.2) is 36.0 Å². The Kier molecular flexibility index (Phi) is 4.22. The maximum atomic E-state index is 13.8. The number of nitrogens with zero attached hydrogens (tertiary/aromatic N) is 3. The van der Waals surface area contributed by atoms with Crippen molar-refractivity contribution in [3.63, 3.8) is 0 Å². The van der Waals surface area contributed by atoms with Crippen LogP contribution in [0.4, 0.5) is 8.78 Å². The van der Waals surface area contributed by atoms with Gasteiger partial charge in [0.1, 0.15) is 11.6 Å². The van der Waals surface area contributed by atoms with Crippen LogP contribution in [0.1, 0.15) is 18.0 Å². The third-order valence-corrected chi connectivity index (χ3v) is 4.32. The molecule has 0 unspecified atom stereocenters. The van der Waals surface area contributed by atoms with Crippen molar-refractivity contribution >= 4 is 22.9 Å². The Morgan fingerprint density at radius 1 is 1.36 bits per heavy atom. The predicted octanol–water partition coefficient (Wildman–Crippen LogP) is 4.74. The van der Waals surface area contributed by atoms with E-state index in [4.69, 9.17) is 11.6 Å². The Labute approximate surface area is 135 Å². The second kappa shape index (κ2) is 6.14. The van der Waals surface area contributed by atoms with Crippen molar-refractivity contribution in [2.75, 3.05) is 0 Å². The van der Waals surface area contributed by atoms with Crippen molar-refractivity contribution in [3.05, 3.63) is 57.6 Å². The third-order valence-electron chi connectivity index (χ3n) is 3.25. The fourth-order valence-corrected chi connectivity index (χ4v) is 3.19. The smallest absolute Gasteiger partial charge is 0.135 e. The lowest BCUT2D eigenvalue weighted by atomic mass is 10.1. The Morgan fingerprint density at radius 2 is 2.18 bits per heavy atom. The highest BCUT2D eigenvalue weighted by Crippen LogP contribution is 2.27. The SMILES string of the molecule is C[C@H](Cc1nc(-c2ccc(F)cc2F)cs1)n1cc(Cl)cn1. The lowest BCUT2D eigenvalue weighted by Crippen LogP contribution is -2.08. The molecule has 0 fully saturated rings. The van der Waals surface area contributed by atoms with Crippen LogP contribution in [0, 0.1) is 11.6 Å². The van der Waals surface area contributed by atoms with Gasteiger partial charge in [0.25, 0.3) is 0 Å². The number of aromatic nitrogens is 3. The Balaban J connectivity index is 1.79. The van der Waals surface area contributed by atoms with Gasteiger partial charge in [-0.3, -0.25) is 4.68 Å². The van der Waals surface area contributed by atoms with Gasteiger partial charge >= 0.3 is 0 Å². The molecular formula is C15H12ClF2N3S. The lowest BCUT2D eigenvalue weighted by Gasteiger charge is -2.09. The van der Waals surface area contributed by atoms with Crippen LogP contribution >= 0.6 is 22.9 Å². The first-order valence-corrected chi connectivity index (χ1v) is 7.88. The number of halogens is 3. The van der Waals surface area contributed by atoms with Gasteiger partial charge in [-0.1, -0.05) is 11.6 Å². The molecule has 0 spiro atoms. The van der Waals surface area contributed by atoms with Gasteiger partial charge < -0.3 is 0 Å². The van der Waals surface area contributed by atoms with Crippen LogP contribution in [0.3, 0.4) is 0 Å². The van der Waals surface area contributed by atoms with Crippen molar-refractivity contribution in [1.82, 2.24) is 14.8 Å². The highest BCUT2D eigenvalue weighted by atomic mass is 35.5. The van der Waals surface area contributed by atoms with E-state index in [1.54, 1.807) is 22.5 Å². The molecule has 1 aromatic carbocycles. The molecule has 0 saturated heterocycles. The second-order valence-corrected chi connectivity index (χ2v) is 6.32. The summed E-state index contributed by atoms with van der Waals surface area (Å²) in [4.78, 5) is 4.43. The van der Waals surface area contributed by atoms with Gasteiger partial charge in [0.15, 0.2) is 0 Å². The first-order valence-electron chi connectivity index (χ1n) is 6.62. The zero-order valence-electron chi connectivity index (χ0n) is 11.6. The van der Waals surface area contributed by atoms with Crippen molar-refractivity contribution in [3.8, 4) is 11.3 Å². The molecule has 0 bridgehead atoms. The largest absolute Gasteiger partial charge is 0.268 e. The monoisotopic (exact) mass is 339 g/mol. The maximum Gasteiger partial charge on any atom is 0.135 e.